The third-order valence-electron chi connectivity index (χ3n) is 6.17. The van der Waals surface area contributed by atoms with E-state index in [2.05, 4.69) is 40.3 Å². The zero-order valence-corrected chi connectivity index (χ0v) is 17.2. The highest BCUT2D eigenvalue weighted by atomic mass is 16.5. The van der Waals surface area contributed by atoms with Crippen molar-refractivity contribution in [1.82, 2.24) is 0 Å². The van der Waals surface area contributed by atoms with Gasteiger partial charge in [-0.3, -0.25) is 4.79 Å². The molecule has 0 heterocycles. The van der Waals surface area contributed by atoms with Crippen LogP contribution in [0.5, 0.6) is 0 Å². The van der Waals surface area contributed by atoms with Crippen LogP contribution >= 0.6 is 0 Å². The van der Waals surface area contributed by atoms with Crippen molar-refractivity contribution in [2.24, 2.45) is 23.2 Å². The van der Waals surface area contributed by atoms with Crippen molar-refractivity contribution in [2.75, 3.05) is 0 Å². The lowest BCUT2D eigenvalue weighted by molar-refractivity contribution is -0.145. The second-order valence-corrected chi connectivity index (χ2v) is 8.20. The van der Waals surface area contributed by atoms with Crippen molar-refractivity contribution in [2.45, 2.75) is 53.6 Å². The summed E-state index contributed by atoms with van der Waals surface area (Å²) >= 11 is 0. The summed E-state index contributed by atoms with van der Waals surface area (Å²) in [6.45, 7) is 14.4. The Hall–Kier alpha value is -2.16. The summed E-state index contributed by atoms with van der Waals surface area (Å²) in [5, 5.41) is 0. The summed E-state index contributed by atoms with van der Waals surface area (Å²) < 4.78 is 5.69. The Morgan fingerprint density at radius 1 is 1.44 bits per heavy atom. The summed E-state index contributed by atoms with van der Waals surface area (Å²) in [5.41, 5.74) is 1.71. The fraction of sp³-hybridized carbons (Fsp3) is 0.500. The second-order valence-electron chi connectivity index (χ2n) is 8.20. The van der Waals surface area contributed by atoms with Gasteiger partial charge in [-0.1, -0.05) is 70.6 Å². The normalized spacial score (nSPS) is 31.7. The molecule has 0 bridgehead atoms. The highest BCUT2D eigenvalue weighted by Gasteiger charge is 2.46. The van der Waals surface area contributed by atoms with E-state index in [0.29, 0.717) is 12.3 Å². The van der Waals surface area contributed by atoms with Gasteiger partial charge in [-0.25, -0.2) is 4.79 Å². The highest BCUT2D eigenvalue weighted by Crippen LogP contribution is 2.50. The molecule has 0 aromatic carbocycles. The van der Waals surface area contributed by atoms with Crippen LogP contribution in [0.2, 0.25) is 0 Å². The van der Waals surface area contributed by atoms with Gasteiger partial charge >= 0.3 is 5.97 Å². The SMILES string of the molecule is C=C(C)[C@H]1C[C@@]2(C)C(=CC1=O)C=C[C@H](OC(=O)/C=C/C=C/[C@@H](C)CC)[C@@H]2C. The van der Waals surface area contributed by atoms with Crippen LogP contribution in [0.4, 0.5) is 0 Å². The number of allylic oxidation sites excluding steroid dienone is 7. The molecule has 0 amide bonds. The molecular formula is C24H32O3. The minimum absolute atomic E-state index is 0.0803. The molecule has 2 rings (SSSR count). The molecule has 0 aromatic rings. The zero-order chi connectivity index (χ0) is 20.2. The van der Waals surface area contributed by atoms with E-state index < -0.39 is 0 Å². The first-order valence-electron chi connectivity index (χ1n) is 9.84. The van der Waals surface area contributed by atoms with Crippen LogP contribution in [-0.2, 0) is 14.3 Å². The maximum atomic E-state index is 12.3. The topological polar surface area (TPSA) is 43.4 Å². The fourth-order valence-electron chi connectivity index (χ4n) is 3.73. The van der Waals surface area contributed by atoms with Gasteiger partial charge in [-0.2, -0.15) is 0 Å². The second kappa shape index (κ2) is 8.69. The van der Waals surface area contributed by atoms with Crippen molar-refractivity contribution in [3.05, 3.63) is 60.3 Å². The molecule has 0 aromatic heterocycles. The van der Waals surface area contributed by atoms with Crippen LogP contribution in [0.1, 0.15) is 47.5 Å². The standard InChI is InChI=1S/C24H32O3/c1-7-17(4)10-8-9-11-23(26)27-22-13-12-19-14-21(25)20(16(2)3)15-24(19,6)18(22)5/h8-14,17-18,20,22H,2,7,15H2,1,3-6H3/b10-8+,11-9+/t17-,18-,20+,22-,24+/m0/s1. The molecule has 146 valence electrons. The first-order valence-corrected chi connectivity index (χ1v) is 9.84. The average Bonchev–Trinajstić information content (AvgIpc) is 2.62. The number of rotatable bonds is 6. The van der Waals surface area contributed by atoms with Crippen molar-refractivity contribution in [1.29, 1.82) is 0 Å². The largest absolute Gasteiger partial charge is 0.455 e. The molecule has 0 fully saturated rings. The van der Waals surface area contributed by atoms with E-state index >= 15 is 0 Å². The molecule has 3 heteroatoms. The van der Waals surface area contributed by atoms with Gasteiger partial charge in [0.1, 0.15) is 6.10 Å². The average molecular weight is 369 g/mol. The lowest BCUT2D eigenvalue weighted by atomic mass is 9.59. The molecule has 27 heavy (non-hydrogen) atoms. The number of ketones is 1. The van der Waals surface area contributed by atoms with Crippen LogP contribution < -0.4 is 0 Å². The van der Waals surface area contributed by atoms with Crippen LogP contribution in [0, 0.1) is 23.2 Å². The molecule has 2 aliphatic carbocycles. The number of hydrogen-bond acceptors (Lipinski definition) is 3. The molecule has 0 spiro atoms. The summed E-state index contributed by atoms with van der Waals surface area (Å²) in [4.78, 5) is 24.5. The van der Waals surface area contributed by atoms with E-state index in [1.165, 1.54) is 6.08 Å². The van der Waals surface area contributed by atoms with Gasteiger partial charge in [0, 0.05) is 23.3 Å². The molecule has 0 N–H and O–H groups in total. The minimum atomic E-state index is -0.343. The Balaban J connectivity index is 2.10. The Bertz CT molecular complexity index is 722. The van der Waals surface area contributed by atoms with Crippen molar-refractivity contribution >= 4 is 11.8 Å². The zero-order valence-electron chi connectivity index (χ0n) is 17.2. The van der Waals surface area contributed by atoms with Gasteiger partial charge in [-0.05, 0) is 37.0 Å². The monoisotopic (exact) mass is 368 g/mol. The van der Waals surface area contributed by atoms with Crippen molar-refractivity contribution in [3.63, 3.8) is 0 Å². The first kappa shape index (κ1) is 21.1. The van der Waals surface area contributed by atoms with Crippen LogP contribution in [-0.4, -0.2) is 17.9 Å². The summed E-state index contributed by atoms with van der Waals surface area (Å²) in [7, 11) is 0. The minimum Gasteiger partial charge on any atom is -0.455 e. The van der Waals surface area contributed by atoms with Crippen LogP contribution in [0.15, 0.2) is 60.3 Å². The number of ether oxygens (including phenoxy) is 1. The van der Waals surface area contributed by atoms with Gasteiger partial charge in [-0.15, -0.1) is 0 Å². The smallest absolute Gasteiger partial charge is 0.331 e. The van der Waals surface area contributed by atoms with Gasteiger partial charge in [0.2, 0.25) is 0 Å². The molecule has 5 atom stereocenters. The highest BCUT2D eigenvalue weighted by molar-refractivity contribution is 5.96. The third-order valence-corrected chi connectivity index (χ3v) is 6.17. The summed E-state index contributed by atoms with van der Waals surface area (Å²) in [5.74, 6) is 0.196. The number of esters is 1. The number of fused-ring (bicyclic) bond motifs is 1. The Morgan fingerprint density at radius 2 is 2.15 bits per heavy atom. The molecule has 0 aliphatic heterocycles. The predicted octanol–water partition coefficient (Wildman–Crippen LogP) is 5.36. The number of carbonyl (C=O) groups is 2. The number of carbonyl (C=O) groups excluding carboxylic acids is 2. The quantitative estimate of drug-likeness (QED) is 0.274. The van der Waals surface area contributed by atoms with Crippen LogP contribution in [0.25, 0.3) is 0 Å². The molecule has 3 nitrogen and oxygen atoms in total. The van der Waals surface area contributed by atoms with E-state index in [4.69, 9.17) is 4.74 Å². The van der Waals surface area contributed by atoms with E-state index in [-0.39, 0.29) is 35.1 Å². The summed E-state index contributed by atoms with van der Waals surface area (Å²) in [6.07, 6.45) is 14.2. The number of hydrogen-bond donors (Lipinski definition) is 0. The van der Waals surface area contributed by atoms with Gasteiger partial charge in [0.25, 0.3) is 0 Å². The van der Waals surface area contributed by atoms with Crippen molar-refractivity contribution in [3.8, 4) is 0 Å². The predicted molar refractivity (Wildman–Crippen MR) is 110 cm³/mol. The molecule has 2 aliphatic rings. The van der Waals surface area contributed by atoms with E-state index in [1.807, 2.05) is 25.2 Å². The third kappa shape index (κ3) is 4.77. The maximum absolute atomic E-state index is 12.3. The Morgan fingerprint density at radius 3 is 2.78 bits per heavy atom. The lowest BCUT2D eigenvalue weighted by Crippen LogP contribution is -2.44. The lowest BCUT2D eigenvalue weighted by Gasteiger charge is -2.46. The van der Waals surface area contributed by atoms with Gasteiger partial charge in [0.05, 0.1) is 0 Å². The maximum Gasteiger partial charge on any atom is 0.331 e. The van der Waals surface area contributed by atoms with E-state index in [9.17, 15) is 9.59 Å². The molecule has 0 saturated carbocycles. The van der Waals surface area contributed by atoms with Gasteiger partial charge < -0.3 is 4.74 Å². The molecule has 0 radical (unpaired) electrons. The first-order chi connectivity index (χ1) is 12.7. The van der Waals surface area contributed by atoms with E-state index in [1.54, 1.807) is 12.2 Å². The molecular weight excluding hydrogens is 336 g/mol. The Kier molecular flexibility index (Phi) is 6.80. The fourth-order valence-corrected chi connectivity index (χ4v) is 3.73. The summed E-state index contributed by atoms with van der Waals surface area (Å²) in [6, 6.07) is 0. The van der Waals surface area contributed by atoms with Gasteiger partial charge in [0.15, 0.2) is 5.78 Å². The van der Waals surface area contributed by atoms with Crippen LogP contribution in [0.3, 0.4) is 0 Å². The van der Waals surface area contributed by atoms with E-state index in [0.717, 1.165) is 17.6 Å². The molecule has 0 unspecified atom stereocenters. The molecule has 0 saturated heterocycles. The Labute approximate surface area is 163 Å². The van der Waals surface area contributed by atoms with Crippen molar-refractivity contribution < 1.29 is 14.3 Å².